The van der Waals surface area contributed by atoms with Crippen LogP contribution in [0.15, 0.2) is 41.3 Å². The van der Waals surface area contributed by atoms with E-state index in [4.69, 9.17) is 11.0 Å². The van der Waals surface area contributed by atoms with Gasteiger partial charge in [0.05, 0.1) is 16.5 Å². The summed E-state index contributed by atoms with van der Waals surface area (Å²) < 4.78 is 0. The van der Waals surface area contributed by atoms with Crippen LogP contribution in [0.25, 0.3) is 10.9 Å². The van der Waals surface area contributed by atoms with Crippen molar-refractivity contribution in [2.45, 2.75) is 38.0 Å². The summed E-state index contributed by atoms with van der Waals surface area (Å²) in [6.45, 7) is 1.36. The number of benzene rings is 1. The predicted octanol–water partition coefficient (Wildman–Crippen LogP) is 2.50. The average Bonchev–Trinajstić information content (AvgIpc) is 2.79. The molecule has 0 unspecified atom stereocenters. The largest absolute Gasteiger partial charge is 0.383 e. The third kappa shape index (κ3) is 4.56. The Kier molecular flexibility index (Phi) is 5.94. The first-order valence-corrected chi connectivity index (χ1v) is 10.5. The van der Waals surface area contributed by atoms with Crippen molar-refractivity contribution in [3.05, 3.63) is 63.8 Å². The maximum atomic E-state index is 12.6. The summed E-state index contributed by atoms with van der Waals surface area (Å²) in [7, 11) is 0. The lowest BCUT2D eigenvalue weighted by Crippen LogP contribution is -2.37. The van der Waals surface area contributed by atoms with Gasteiger partial charge < -0.3 is 15.6 Å². The minimum atomic E-state index is -0.147. The second kappa shape index (κ2) is 8.96. The van der Waals surface area contributed by atoms with Crippen LogP contribution in [-0.2, 0) is 11.2 Å². The zero-order chi connectivity index (χ0) is 21.8. The fourth-order valence-corrected chi connectivity index (χ4v) is 4.08. The summed E-state index contributed by atoms with van der Waals surface area (Å²) in [5, 5.41) is 9.71. The second-order valence-electron chi connectivity index (χ2n) is 7.85. The highest BCUT2D eigenvalue weighted by Gasteiger charge is 2.24. The molecule has 8 heteroatoms. The molecule has 3 aromatic rings. The van der Waals surface area contributed by atoms with Gasteiger partial charge in [0.1, 0.15) is 17.7 Å². The lowest BCUT2D eigenvalue weighted by molar-refractivity contribution is -0.132. The average molecular weight is 416 g/mol. The third-order valence-electron chi connectivity index (χ3n) is 5.85. The Bertz CT molecular complexity index is 1200. The molecule has 31 heavy (non-hydrogen) atoms. The van der Waals surface area contributed by atoms with E-state index in [1.807, 2.05) is 29.2 Å². The predicted molar refractivity (Wildman–Crippen MR) is 117 cm³/mol. The number of carbonyl (C=O) groups is 1. The highest BCUT2D eigenvalue weighted by molar-refractivity contribution is 5.77. The van der Waals surface area contributed by atoms with Crippen LogP contribution in [0.4, 0.5) is 5.82 Å². The number of amides is 1. The molecule has 3 N–H and O–H groups in total. The van der Waals surface area contributed by atoms with Gasteiger partial charge in [-0.1, -0.05) is 12.1 Å². The molecule has 1 amide bonds. The zero-order valence-corrected chi connectivity index (χ0v) is 17.2. The molecular weight excluding hydrogens is 392 g/mol. The number of carbonyl (C=O) groups excluding carboxylic acids is 1. The number of nitrogens with two attached hydrogens (primary N) is 1. The number of hydrogen-bond donors (Lipinski definition) is 2. The van der Waals surface area contributed by atoms with Gasteiger partial charge in [-0.3, -0.25) is 9.59 Å². The molecule has 1 fully saturated rings. The SMILES string of the molecule is N#Cc1cc(C2CCN(C(=O)CCCc3nc4ccccc4c(=O)[nH]3)CC2)cnc1N. The standard InChI is InChI=1S/C23H24N6O2/c24-13-16-12-17(14-26-22(16)25)15-8-10-29(11-9-15)21(30)7-3-6-20-27-19-5-2-1-4-18(19)23(31)28-20/h1-2,4-5,12,14-15H,3,6-11H2,(H2,25,26)(H,27,28,31). The highest BCUT2D eigenvalue weighted by Crippen LogP contribution is 2.29. The third-order valence-corrected chi connectivity index (χ3v) is 5.85. The minimum Gasteiger partial charge on any atom is -0.383 e. The van der Waals surface area contributed by atoms with Crippen molar-refractivity contribution in [2.75, 3.05) is 18.8 Å². The molecule has 1 saturated heterocycles. The molecule has 0 bridgehead atoms. The number of anilines is 1. The van der Waals surface area contributed by atoms with Crippen molar-refractivity contribution in [1.29, 1.82) is 5.26 Å². The van der Waals surface area contributed by atoms with Crippen molar-refractivity contribution in [1.82, 2.24) is 19.9 Å². The van der Waals surface area contributed by atoms with E-state index in [1.165, 1.54) is 0 Å². The Morgan fingerprint density at radius 2 is 2.06 bits per heavy atom. The molecule has 1 aromatic carbocycles. The van der Waals surface area contributed by atoms with Gasteiger partial charge in [-0.05, 0) is 48.9 Å². The monoisotopic (exact) mass is 416 g/mol. The number of nitrogens with one attached hydrogen (secondary N) is 1. The second-order valence-corrected chi connectivity index (χ2v) is 7.85. The number of fused-ring (bicyclic) bond motifs is 1. The van der Waals surface area contributed by atoms with E-state index in [1.54, 1.807) is 12.3 Å². The lowest BCUT2D eigenvalue weighted by atomic mass is 9.89. The van der Waals surface area contributed by atoms with Crippen LogP contribution in [0.1, 0.15) is 48.6 Å². The van der Waals surface area contributed by atoms with Crippen LogP contribution in [0.3, 0.4) is 0 Å². The molecule has 0 aliphatic carbocycles. The van der Waals surface area contributed by atoms with E-state index >= 15 is 0 Å². The molecule has 0 saturated carbocycles. The first kappa shape index (κ1) is 20.5. The summed E-state index contributed by atoms with van der Waals surface area (Å²) in [6, 6.07) is 11.1. The summed E-state index contributed by atoms with van der Waals surface area (Å²) in [6.07, 6.45) is 5.01. The van der Waals surface area contributed by atoms with Crippen molar-refractivity contribution in [2.24, 2.45) is 0 Å². The number of pyridine rings is 1. The van der Waals surface area contributed by atoms with Gasteiger partial charge in [-0.2, -0.15) is 5.26 Å². The van der Waals surface area contributed by atoms with Gasteiger partial charge in [0.15, 0.2) is 0 Å². The highest BCUT2D eigenvalue weighted by atomic mass is 16.2. The van der Waals surface area contributed by atoms with Gasteiger partial charge in [0.25, 0.3) is 5.56 Å². The number of nitriles is 1. The maximum Gasteiger partial charge on any atom is 0.258 e. The van der Waals surface area contributed by atoms with E-state index in [0.29, 0.717) is 54.6 Å². The number of H-pyrrole nitrogens is 1. The van der Waals surface area contributed by atoms with Gasteiger partial charge in [0.2, 0.25) is 5.91 Å². The summed E-state index contributed by atoms with van der Waals surface area (Å²) in [5.41, 5.74) is 7.63. The Morgan fingerprint density at radius 3 is 2.84 bits per heavy atom. The Labute approximate surface area is 179 Å². The van der Waals surface area contributed by atoms with Crippen LogP contribution >= 0.6 is 0 Å². The van der Waals surface area contributed by atoms with Crippen molar-refractivity contribution >= 4 is 22.6 Å². The lowest BCUT2D eigenvalue weighted by Gasteiger charge is -2.32. The Balaban J connectivity index is 1.29. The fraction of sp³-hybridized carbons (Fsp3) is 0.348. The van der Waals surface area contributed by atoms with Gasteiger partial charge in [-0.25, -0.2) is 9.97 Å². The van der Waals surface area contributed by atoms with E-state index in [0.717, 1.165) is 18.4 Å². The quantitative estimate of drug-likeness (QED) is 0.657. The van der Waals surface area contributed by atoms with Crippen LogP contribution < -0.4 is 11.3 Å². The van der Waals surface area contributed by atoms with Gasteiger partial charge >= 0.3 is 0 Å². The van der Waals surface area contributed by atoms with Crippen LogP contribution in [0.5, 0.6) is 0 Å². The molecule has 0 spiro atoms. The van der Waals surface area contributed by atoms with E-state index in [2.05, 4.69) is 21.0 Å². The molecule has 8 nitrogen and oxygen atoms in total. The fourth-order valence-electron chi connectivity index (χ4n) is 4.08. The van der Waals surface area contributed by atoms with E-state index < -0.39 is 0 Å². The van der Waals surface area contributed by atoms with Gasteiger partial charge in [-0.15, -0.1) is 0 Å². The first-order chi connectivity index (χ1) is 15.0. The van der Waals surface area contributed by atoms with Crippen molar-refractivity contribution in [3.63, 3.8) is 0 Å². The number of hydrogen-bond acceptors (Lipinski definition) is 6. The number of nitrogens with zero attached hydrogens (tertiary/aromatic N) is 4. The van der Waals surface area contributed by atoms with Crippen molar-refractivity contribution in [3.8, 4) is 6.07 Å². The van der Waals surface area contributed by atoms with Crippen LogP contribution in [0, 0.1) is 11.3 Å². The summed E-state index contributed by atoms with van der Waals surface area (Å²) in [4.78, 5) is 38.1. The summed E-state index contributed by atoms with van der Waals surface area (Å²) >= 11 is 0. The Morgan fingerprint density at radius 1 is 1.29 bits per heavy atom. The molecular formula is C23H24N6O2. The number of aryl methyl sites for hydroxylation is 1. The molecule has 3 heterocycles. The molecule has 158 valence electrons. The minimum absolute atomic E-state index is 0.120. The zero-order valence-electron chi connectivity index (χ0n) is 17.2. The molecule has 1 aliphatic rings. The maximum absolute atomic E-state index is 12.6. The van der Waals surface area contributed by atoms with E-state index in [-0.39, 0.29) is 23.2 Å². The topological polar surface area (TPSA) is 129 Å². The van der Waals surface area contributed by atoms with Crippen LogP contribution in [0.2, 0.25) is 0 Å². The molecule has 1 aliphatic heterocycles. The molecule has 0 atom stereocenters. The number of aromatic nitrogens is 3. The number of rotatable bonds is 5. The first-order valence-electron chi connectivity index (χ1n) is 10.5. The van der Waals surface area contributed by atoms with Crippen molar-refractivity contribution < 1.29 is 4.79 Å². The van der Waals surface area contributed by atoms with E-state index in [9.17, 15) is 9.59 Å². The Hall–Kier alpha value is -3.73. The number of piperidine rings is 1. The van der Waals surface area contributed by atoms with Gasteiger partial charge in [0, 0.05) is 32.1 Å². The normalized spacial score (nSPS) is 14.5. The number of nitrogen functional groups attached to an aromatic ring is 1. The summed E-state index contributed by atoms with van der Waals surface area (Å²) in [5.74, 6) is 1.26. The molecule has 2 aromatic heterocycles. The number of para-hydroxylation sites is 1. The number of likely N-dealkylation sites (tertiary alicyclic amines) is 1. The number of aromatic amines is 1. The molecule has 4 rings (SSSR count). The van der Waals surface area contributed by atoms with Crippen LogP contribution in [-0.4, -0.2) is 38.8 Å². The molecule has 0 radical (unpaired) electrons. The smallest absolute Gasteiger partial charge is 0.258 e.